The summed E-state index contributed by atoms with van der Waals surface area (Å²) in [6.45, 7) is 2.10. The maximum absolute atomic E-state index is 10.4. The van der Waals surface area contributed by atoms with Crippen LogP contribution in [0.15, 0.2) is 23.4 Å². The van der Waals surface area contributed by atoms with E-state index in [2.05, 4.69) is 30.3 Å². The summed E-state index contributed by atoms with van der Waals surface area (Å²) in [5, 5.41) is 3.14. The molecule has 0 bridgehead atoms. The molecule has 0 N–H and O–H groups in total. The lowest BCUT2D eigenvalue weighted by molar-refractivity contribution is 0.573. The van der Waals surface area contributed by atoms with Crippen molar-refractivity contribution in [3.8, 4) is 0 Å². The summed E-state index contributed by atoms with van der Waals surface area (Å²) in [5.74, 6) is 0. The number of fused-ring (bicyclic) bond motifs is 1. The van der Waals surface area contributed by atoms with Crippen molar-refractivity contribution in [1.82, 2.24) is 0 Å². The molecule has 0 heterocycles. The van der Waals surface area contributed by atoms with Crippen molar-refractivity contribution >= 4 is 0 Å². The van der Waals surface area contributed by atoms with Gasteiger partial charge in [0.15, 0.2) is 0 Å². The number of aryl methyl sites for hydroxylation is 2. The highest BCUT2D eigenvalue weighted by molar-refractivity contribution is 5.37. The van der Waals surface area contributed by atoms with Crippen LogP contribution in [0.25, 0.3) is 0 Å². The predicted octanol–water partition coefficient (Wildman–Crippen LogP) is 2.62. The molecule has 0 amide bonds. The van der Waals surface area contributed by atoms with E-state index < -0.39 is 0 Å². The molecule has 2 nitrogen and oxygen atoms in total. The zero-order valence-corrected chi connectivity index (χ0v) is 7.79. The van der Waals surface area contributed by atoms with Crippen LogP contribution in [0.3, 0.4) is 0 Å². The van der Waals surface area contributed by atoms with Crippen molar-refractivity contribution in [1.29, 1.82) is 0 Å². The molecule has 1 unspecified atom stereocenters. The van der Waals surface area contributed by atoms with Gasteiger partial charge in [-0.05, 0) is 42.9 Å². The minimum atomic E-state index is 0.00796. The van der Waals surface area contributed by atoms with E-state index in [1.807, 2.05) is 0 Å². The standard InChI is InChI=1S/C11H13NO/c1-8-3-2-4-9-5-6-10(12-13)7-11(8)9/h2-4,10H,5-7H2,1H3. The average molecular weight is 175 g/mol. The molecule has 2 heteroatoms. The third kappa shape index (κ3) is 1.48. The zero-order chi connectivity index (χ0) is 9.26. The van der Waals surface area contributed by atoms with Gasteiger partial charge >= 0.3 is 0 Å². The topological polar surface area (TPSA) is 29.4 Å². The van der Waals surface area contributed by atoms with Gasteiger partial charge in [-0.15, -0.1) is 0 Å². The van der Waals surface area contributed by atoms with Gasteiger partial charge in [0.05, 0.1) is 6.04 Å². The molecule has 1 aromatic rings. The normalized spacial score (nSPS) is 20.8. The van der Waals surface area contributed by atoms with Gasteiger partial charge < -0.3 is 0 Å². The van der Waals surface area contributed by atoms with Crippen molar-refractivity contribution in [2.45, 2.75) is 32.2 Å². The first-order chi connectivity index (χ1) is 6.31. The Labute approximate surface area is 77.9 Å². The molecule has 0 saturated heterocycles. The van der Waals surface area contributed by atoms with E-state index >= 15 is 0 Å². The van der Waals surface area contributed by atoms with Gasteiger partial charge in [-0.1, -0.05) is 23.4 Å². The summed E-state index contributed by atoms with van der Waals surface area (Å²) in [6.07, 6.45) is 2.76. The molecule has 0 saturated carbocycles. The Balaban J connectivity index is 2.37. The van der Waals surface area contributed by atoms with E-state index in [9.17, 15) is 4.91 Å². The zero-order valence-electron chi connectivity index (χ0n) is 7.79. The van der Waals surface area contributed by atoms with E-state index in [0.717, 1.165) is 19.3 Å². The third-order valence-electron chi connectivity index (χ3n) is 2.84. The molecular formula is C11H13NO. The Hall–Kier alpha value is -1.18. The van der Waals surface area contributed by atoms with Crippen molar-refractivity contribution in [3.63, 3.8) is 0 Å². The Morgan fingerprint density at radius 2 is 2.31 bits per heavy atom. The van der Waals surface area contributed by atoms with Crippen LogP contribution in [0, 0.1) is 11.8 Å². The van der Waals surface area contributed by atoms with Crippen molar-refractivity contribution < 1.29 is 0 Å². The van der Waals surface area contributed by atoms with Crippen molar-refractivity contribution in [2.24, 2.45) is 5.18 Å². The summed E-state index contributed by atoms with van der Waals surface area (Å²) in [6, 6.07) is 6.35. The van der Waals surface area contributed by atoms with Crippen molar-refractivity contribution in [2.75, 3.05) is 0 Å². The molecular weight excluding hydrogens is 162 g/mol. The van der Waals surface area contributed by atoms with Crippen LogP contribution in [0.5, 0.6) is 0 Å². The summed E-state index contributed by atoms with van der Waals surface area (Å²) in [4.78, 5) is 10.4. The van der Waals surface area contributed by atoms with E-state index in [4.69, 9.17) is 0 Å². The van der Waals surface area contributed by atoms with E-state index in [1.54, 1.807) is 0 Å². The summed E-state index contributed by atoms with van der Waals surface area (Å²) in [5.41, 5.74) is 4.05. The fraction of sp³-hybridized carbons (Fsp3) is 0.455. The molecule has 68 valence electrons. The predicted molar refractivity (Wildman–Crippen MR) is 52.8 cm³/mol. The fourth-order valence-corrected chi connectivity index (χ4v) is 2.04. The second-order valence-electron chi connectivity index (χ2n) is 3.71. The maximum atomic E-state index is 10.4. The van der Waals surface area contributed by atoms with Crippen LogP contribution in [-0.2, 0) is 12.8 Å². The van der Waals surface area contributed by atoms with E-state index in [0.29, 0.717) is 0 Å². The quantitative estimate of drug-likeness (QED) is 0.603. The Kier molecular flexibility index (Phi) is 2.13. The van der Waals surface area contributed by atoms with Crippen LogP contribution in [-0.4, -0.2) is 6.04 Å². The summed E-state index contributed by atoms with van der Waals surface area (Å²) < 4.78 is 0. The number of hydrogen-bond donors (Lipinski definition) is 0. The first-order valence-corrected chi connectivity index (χ1v) is 4.71. The number of hydrogen-bond acceptors (Lipinski definition) is 2. The van der Waals surface area contributed by atoms with Crippen molar-refractivity contribution in [3.05, 3.63) is 39.8 Å². The second kappa shape index (κ2) is 3.29. The van der Waals surface area contributed by atoms with Gasteiger partial charge in [-0.2, -0.15) is 4.91 Å². The first kappa shape index (κ1) is 8.42. The molecule has 0 aromatic heterocycles. The molecule has 0 aliphatic heterocycles. The molecule has 1 aromatic carbocycles. The summed E-state index contributed by atoms with van der Waals surface area (Å²) in [7, 11) is 0. The van der Waals surface area contributed by atoms with Gasteiger partial charge in [0, 0.05) is 0 Å². The van der Waals surface area contributed by atoms with Crippen LogP contribution < -0.4 is 0 Å². The molecule has 0 radical (unpaired) electrons. The van der Waals surface area contributed by atoms with Crippen LogP contribution in [0.4, 0.5) is 0 Å². The molecule has 0 spiro atoms. The number of nitroso groups, excluding NO2 is 1. The highest BCUT2D eigenvalue weighted by Crippen LogP contribution is 2.25. The minimum absolute atomic E-state index is 0.00796. The highest BCUT2D eigenvalue weighted by Gasteiger charge is 2.19. The Morgan fingerprint density at radius 3 is 3.08 bits per heavy atom. The number of nitrogens with zero attached hydrogens (tertiary/aromatic N) is 1. The number of rotatable bonds is 1. The fourth-order valence-electron chi connectivity index (χ4n) is 2.04. The maximum Gasteiger partial charge on any atom is 0.0963 e. The average Bonchev–Trinajstić information content (AvgIpc) is 2.18. The smallest absolute Gasteiger partial charge is 0.0963 e. The largest absolute Gasteiger partial charge is 0.151 e. The SMILES string of the molecule is Cc1cccc2c1CC(N=O)CC2. The van der Waals surface area contributed by atoms with Gasteiger partial charge in [-0.3, -0.25) is 0 Å². The lowest BCUT2D eigenvalue weighted by Crippen LogP contribution is -2.17. The monoisotopic (exact) mass is 175 g/mol. The molecule has 2 rings (SSSR count). The van der Waals surface area contributed by atoms with Crippen LogP contribution >= 0.6 is 0 Å². The van der Waals surface area contributed by atoms with Gasteiger partial charge in [-0.25, -0.2) is 0 Å². The Morgan fingerprint density at radius 1 is 1.46 bits per heavy atom. The molecule has 13 heavy (non-hydrogen) atoms. The number of benzene rings is 1. The third-order valence-corrected chi connectivity index (χ3v) is 2.84. The van der Waals surface area contributed by atoms with Gasteiger partial charge in [0.25, 0.3) is 0 Å². The highest BCUT2D eigenvalue weighted by atomic mass is 16.3. The molecule has 0 fully saturated rings. The van der Waals surface area contributed by atoms with Crippen LogP contribution in [0.2, 0.25) is 0 Å². The van der Waals surface area contributed by atoms with Crippen LogP contribution in [0.1, 0.15) is 23.1 Å². The Bertz CT molecular complexity index is 333. The molecule has 1 aliphatic carbocycles. The van der Waals surface area contributed by atoms with E-state index in [-0.39, 0.29) is 6.04 Å². The summed E-state index contributed by atoms with van der Waals surface area (Å²) >= 11 is 0. The van der Waals surface area contributed by atoms with Gasteiger partial charge in [0.2, 0.25) is 0 Å². The lowest BCUT2D eigenvalue weighted by Gasteiger charge is -2.21. The van der Waals surface area contributed by atoms with E-state index in [1.165, 1.54) is 16.7 Å². The molecule has 1 aliphatic rings. The van der Waals surface area contributed by atoms with Gasteiger partial charge in [0.1, 0.15) is 0 Å². The lowest BCUT2D eigenvalue weighted by atomic mass is 9.86. The first-order valence-electron chi connectivity index (χ1n) is 4.71. The minimum Gasteiger partial charge on any atom is -0.151 e. The second-order valence-corrected chi connectivity index (χ2v) is 3.71. The molecule has 1 atom stereocenters.